The number of nitrogens with zero attached hydrogens (tertiary/aromatic N) is 2. The van der Waals surface area contributed by atoms with Gasteiger partial charge in [0.2, 0.25) is 5.95 Å². The van der Waals surface area contributed by atoms with Crippen molar-refractivity contribution < 1.29 is 9.90 Å². The largest absolute Gasteiger partial charge is 0.481 e. The first-order chi connectivity index (χ1) is 9.65. The molecule has 1 aliphatic rings. The van der Waals surface area contributed by atoms with E-state index in [2.05, 4.69) is 17.1 Å². The van der Waals surface area contributed by atoms with E-state index >= 15 is 0 Å². The molecule has 106 valence electrons. The zero-order chi connectivity index (χ0) is 14.1. The van der Waals surface area contributed by atoms with Crippen molar-refractivity contribution in [1.29, 1.82) is 0 Å². The van der Waals surface area contributed by atoms with E-state index in [1.165, 1.54) is 24.0 Å². The normalized spacial score (nSPS) is 14.4. The van der Waals surface area contributed by atoms with Gasteiger partial charge in [0.15, 0.2) is 0 Å². The molecule has 0 saturated carbocycles. The zero-order valence-corrected chi connectivity index (χ0v) is 11.4. The molecule has 5 nitrogen and oxygen atoms in total. The van der Waals surface area contributed by atoms with Crippen molar-refractivity contribution in [3.05, 3.63) is 23.3 Å². The molecule has 0 amide bonds. The van der Waals surface area contributed by atoms with E-state index in [4.69, 9.17) is 10.8 Å². The number of nitrogens with two attached hydrogens (primary N) is 1. The third-order valence-corrected chi connectivity index (χ3v) is 4.01. The molecule has 3 rings (SSSR count). The maximum Gasteiger partial charge on any atom is 0.303 e. The first-order valence-electron chi connectivity index (χ1n) is 7.14. The molecule has 0 aliphatic heterocycles. The molecule has 0 radical (unpaired) electrons. The number of carbonyl (C=O) groups is 1. The first-order valence-corrected chi connectivity index (χ1v) is 7.14. The summed E-state index contributed by atoms with van der Waals surface area (Å²) in [5.41, 5.74) is 10.7. The molecule has 2 aromatic rings. The van der Waals surface area contributed by atoms with Crippen LogP contribution in [0.4, 0.5) is 5.95 Å². The highest BCUT2D eigenvalue weighted by atomic mass is 16.4. The number of fused-ring (bicyclic) bond motifs is 2. The Kier molecular flexibility index (Phi) is 3.34. The summed E-state index contributed by atoms with van der Waals surface area (Å²) in [6.07, 6.45) is 5.45. The minimum Gasteiger partial charge on any atom is -0.481 e. The van der Waals surface area contributed by atoms with Gasteiger partial charge in [-0.05, 0) is 55.4 Å². The summed E-state index contributed by atoms with van der Waals surface area (Å²) in [6, 6.07) is 4.34. The highest BCUT2D eigenvalue weighted by molar-refractivity contribution is 5.80. The Hall–Kier alpha value is -2.04. The third kappa shape index (κ3) is 2.35. The number of aromatic nitrogens is 2. The van der Waals surface area contributed by atoms with Gasteiger partial charge in [0, 0.05) is 13.0 Å². The van der Waals surface area contributed by atoms with Gasteiger partial charge in [-0.25, -0.2) is 4.98 Å². The summed E-state index contributed by atoms with van der Waals surface area (Å²) in [7, 11) is 0. The SMILES string of the molecule is Nc1nc2cc3c(cc2n1CCCC(=O)O)CCCC3. The van der Waals surface area contributed by atoms with E-state index in [9.17, 15) is 4.79 Å². The molecule has 1 aromatic carbocycles. The standard InChI is InChI=1S/C15H19N3O2/c16-15-17-12-8-10-4-1-2-5-11(10)9-13(12)18(15)7-3-6-14(19)20/h8-9H,1-7H2,(H2,16,17)(H,19,20). The number of aryl methyl sites for hydroxylation is 3. The van der Waals surface area contributed by atoms with Crippen molar-refractivity contribution in [2.24, 2.45) is 0 Å². The lowest BCUT2D eigenvalue weighted by atomic mass is 9.91. The molecule has 0 fully saturated rings. The Labute approximate surface area is 117 Å². The van der Waals surface area contributed by atoms with Gasteiger partial charge in [-0.1, -0.05) is 0 Å². The maximum absolute atomic E-state index is 10.6. The lowest BCUT2D eigenvalue weighted by Gasteiger charge is -2.15. The Morgan fingerprint density at radius 2 is 2.00 bits per heavy atom. The number of rotatable bonds is 4. The van der Waals surface area contributed by atoms with Crippen molar-refractivity contribution in [2.45, 2.75) is 45.1 Å². The number of hydrogen-bond donors (Lipinski definition) is 2. The quantitative estimate of drug-likeness (QED) is 0.896. The Morgan fingerprint density at radius 1 is 1.30 bits per heavy atom. The average molecular weight is 273 g/mol. The maximum atomic E-state index is 10.6. The van der Waals surface area contributed by atoms with Crippen molar-refractivity contribution in [3.63, 3.8) is 0 Å². The molecule has 0 bridgehead atoms. The Morgan fingerprint density at radius 3 is 2.70 bits per heavy atom. The van der Waals surface area contributed by atoms with Crippen LogP contribution in [0, 0.1) is 0 Å². The highest BCUT2D eigenvalue weighted by Crippen LogP contribution is 2.28. The van der Waals surface area contributed by atoms with E-state index in [1.807, 2.05) is 4.57 Å². The van der Waals surface area contributed by atoms with Crippen LogP contribution in [-0.4, -0.2) is 20.6 Å². The van der Waals surface area contributed by atoms with Crippen LogP contribution in [-0.2, 0) is 24.2 Å². The summed E-state index contributed by atoms with van der Waals surface area (Å²) < 4.78 is 1.94. The second-order valence-electron chi connectivity index (χ2n) is 5.44. The van der Waals surface area contributed by atoms with Gasteiger partial charge in [-0.2, -0.15) is 0 Å². The van der Waals surface area contributed by atoms with Crippen LogP contribution in [0.5, 0.6) is 0 Å². The van der Waals surface area contributed by atoms with Gasteiger partial charge in [-0.15, -0.1) is 0 Å². The van der Waals surface area contributed by atoms with Crippen LogP contribution < -0.4 is 5.73 Å². The van der Waals surface area contributed by atoms with Gasteiger partial charge < -0.3 is 15.4 Å². The smallest absolute Gasteiger partial charge is 0.303 e. The molecule has 0 spiro atoms. The summed E-state index contributed by atoms with van der Waals surface area (Å²) in [4.78, 5) is 15.0. The van der Waals surface area contributed by atoms with Crippen LogP contribution in [0.3, 0.4) is 0 Å². The molecule has 5 heteroatoms. The number of aliphatic carboxylic acids is 1. The molecule has 3 N–H and O–H groups in total. The third-order valence-electron chi connectivity index (χ3n) is 4.01. The molecule has 1 aliphatic carbocycles. The second-order valence-corrected chi connectivity index (χ2v) is 5.44. The summed E-state index contributed by atoms with van der Waals surface area (Å²) >= 11 is 0. The first kappa shape index (κ1) is 13.0. The average Bonchev–Trinajstić information content (AvgIpc) is 2.71. The molecule has 1 heterocycles. The monoisotopic (exact) mass is 273 g/mol. The van der Waals surface area contributed by atoms with Gasteiger partial charge in [-0.3, -0.25) is 4.79 Å². The van der Waals surface area contributed by atoms with Crippen molar-refractivity contribution in [3.8, 4) is 0 Å². The van der Waals surface area contributed by atoms with E-state index in [0.717, 1.165) is 23.9 Å². The van der Waals surface area contributed by atoms with Gasteiger partial charge >= 0.3 is 5.97 Å². The van der Waals surface area contributed by atoms with Crippen LogP contribution >= 0.6 is 0 Å². The van der Waals surface area contributed by atoms with E-state index in [0.29, 0.717) is 18.9 Å². The van der Waals surface area contributed by atoms with Crippen molar-refractivity contribution in [1.82, 2.24) is 9.55 Å². The minimum atomic E-state index is -0.773. The zero-order valence-electron chi connectivity index (χ0n) is 11.4. The van der Waals surface area contributed by atoms with Crippen molar-refractivity contribution >= 4 is 23.0 Å². The van der Waals surface area contributed by atoms with Crippen LogP contribution in [0.25, 0.3) is 11.0 Å². The highest BCUT2D eigenvalue weighted by Gasteiger charge is 2.15. The second kappa shape index (κ2) is 5.15. The van der Waals surface area contributed by atoms with Crippen molar-refractivity contribution in [2.75, 3.05) is 5.73 Å². The number of imidazole rings is 1. The topological polar surface area (TPSA) is 81.1 Å². The van der Waals surface area contributed by atoms with Crippen LogP contribution in [0.15, 0.2) is 12.1 Å². The van der Waals surface area contributed by atoms with Gasteiger partial charge in [0.1, 0.15) is 0 Å². The number of benzene rings is 1. The number of hydrogen-bond acceptors (Lipinski definition) is 3. The molecule has 0 atom stereocenters. The summed E-state index contributed by atoms with van der Waals surface area (Å²) in [5.74, 6) is -0.293. The van der Waals surface area contributed by atoms with E-state index in [-0.39, 0.29) is 6.42 Å². The van der Waals surface area contributed by atoms with Gasteiger partial charge in [0.05, 0.1) is 11.0 Å². The number of anilines is 1. The molecular formula is C15H19N3O2. The number of carboxylic acids is 1. The van der Waals surface area contributed by atoms with Gasteiger partial charge in [0.25, 0.3) is 0 Å². The molecule has 20 heavy (non-hydrogen) atoms. The number of carboxylic acid groups (broad SMARTS) is 1. The molecule has 1 aromatic heterocycles. The molecule has 0 unspecified atom stereocenters. The fraction of sp³-hybridized carbons (Fsp3) is 0.467. The predicted molar refractivity (Wildman–Crippen MR) is 77.7 cm³/mol. The van der Waals surface area contributed by atoms with E-state index < -0.39 is 5.97 Å². The molecule has 0 saturated heterocycles. The summed E-state index contributed by atoms with van der Waals surface area (Å²) in [5, 5.41) is 8.73. The Balaban J connectivity index is 1.95. The Bertz CT molecular complexity index is 661. The van der Waals surface area contributed by atoms with Crippen LogP contribution in [0.2, 0.25) is 0 Å². The lowest BCUT2D eigenvalue weighted by molar-refractivity contribution is -0.137. The van der Waals surface area contributed by atoms with Crippen LogP contribution in [0.1, 0.15) is 36.8 Å². The molecular weight excluding hydrogens is 254 g/mol. The number of nitrogen functional groups attached to an aromatic ring is 1. The predicted octanol–water partition coefficient (Wildman–Crippen LogP) is 2.36. The fourth-order valence-corrected chi connectivity index (χ4v) is 3.00. The fourth-order valence-electron chi connectivity index (χ4n) is 3.00. The lowest BCUT2D eigenvalue weighted by Crippen LogP contribution is -2.06. The minimum absolute atomic E-state index is 0.157. The summed E-state index contributed by atoms with van der Waals surface area (Å²) in [6.45, 7) is 0.605. The van der Waals surface area contributed by atoms with E-state index in [1.54, 1.807) is 0 Å².